The summed E-state index contributed by atoms with van der Waals surface area (Å²) < 4.78 is 7.19. The van der Waals surface area contributed by atoms with E-state index in [1.165, 1.54) is 0 Å². The van der Waals surface area contributed by atoms with Gasteiger partial charge in [-0.1, -0.05) is 6.07 Å². The Kier molecular flexibility index (Phi) is 5.38. The van der Waals surface area contributed by atoms with E-state index in [1.807, 2.05) is 49.1 Å². The van der Waals surface area contributed by atoms with Gasteiger partial charge in [0.2, 0.25) is 0 Å². The topological polar surface area (TPSA) is 59.4 Å². The van der Waals surface area contributed by atoms with Crippen LogP contribution in [0.3, 0.4) is 0 Å². The van der Waals surface area contributed by atoms with Crippen molar-refractivity contribution >= 4 is 5.91 Å². The molecule has 1 heterocycles. The zero-order chi connectivity index (χ0) is 17.8. The molecule has 1 aliphatic rings. The lowest BCUT2D eigenvalue weighted by Crippen LogP contribution is -2.27. The van der Waals surface area contributed by atoms with Crippen LogP contribution in [0.15, 0.2) is 30.3 Å². The van der Waals surface area contributed by atoms with E-state index in [4.69, 9.17) is 4.74 Å². The molecule has 2 aromatic rings. The summed E-state index contributed by atoms with van der Waals surface area (Å²) >= 11 is 0. The first-order valence-corrected chi connectivity index (χ1v) is 8.76. The minimum absolute atomic E-state index is 0.109. The fraction of sp³-hybridized carbons (Fsp3) is 0.474. The highest BCUT2D eigenvalue weighted by molar-refractivity contribution is 5.92. The minimum Gasteiger partial charge on any atom is -0.497 e. The molecule has 0 spiro atoms. The highest BCUT2D eigenvalue weighted by atomic mass is 16.5. The quantitative estimate of drug-likeness (QED) is 0.749. The van der Waals surface area contributed by atoms with Gasteiger partial charge in [0.25, 0.3) is 5.91 Å². The summed E-state index contributed by atoms with van der Waals surface area (Å²) in [5.41, 5.74) is 2.51. The Morgan fingerprint density at radius 3 is 2.84 bits per heavy atom. The average molecular weight is 342 g/mol. The number of amides is 1. The van der Waals surface area contributed by atoms with Crippen LogP contribution in [0.4, 0.5) is 0 Å². The van der Waals surface area contributed by atoms with Gasteiger partial charge in [-0.05, 0) is 58.1 Å². The van der Waals surface area contributed by atoms with Gasteiger partial charge >= 0.3 is 0 Å². The van der Waals surface area contributed by atoms with E-state index in [1.54, 1.807) is 7.11 Å². The number of rotatable bonds is 8. The van der Waals surface area contributed by atoms with E-state index in [0.29, 0.717) is 18.2 Å². The van der Waals surface area contributed by atoms with Crippen LogP contribution in [0.2, 0.25) is 0 Å². The number of aromatic nitrogens is 2. The number of ether oxygens (including phenoxy) is 1. The van der Waals surface area contributed by atoms with Crippen molar-refractivity contribution in [2.24, 2.45) is 0 Å². The molecule has 0 aliphatic heterocycles. The van der Waals surface area contributed by atoms with Gasteiger partial charge in [-0.15, -0.1) is 0 Å². The van der Waals surface area contributed by atoms with Gasteiger partial charge < -0.3 is 15.0 Å². The molecule has 1 aromatic carbocycles. The number of hydrogen-bond donors (Lipinski definition) is 1. The first-order valence-electron chi connectivity index (χ1n) is 8.76. The van der Waals surface area contributed by atoms with Gasteiger partial charge in [0.1, 0.15) is 5.75 Å². The molecular formula is C19H26N4O2. The van der Waals surface area contributed by atoms with Crippen molar-refractivity contribution in [2.45, 2.75) is 25.2 Å². The molecule has 0 bridgehead atoms. The van der Waals surface area contributed by atoms with Crippen LogP contribution in [-0.2, 0) is 0 Å². The molecule has 134 valence electrons. The predicted octanol–water partition coefficient (Wildman–Crippen LogP) is 2.44. The van der Waals surface area contributed by atoms with Gasteiger partial charge in [-0.2, -0.15) is 5.10 Å². The molecule has 0 unspecified atom stereocenters. The molecule has 0 atom stereocenters. The van der Waals surface area contributed by atoms with E-state index < -0.39 is 0 Å². The second-order valence-corrected chi connectivity index (χ2v) is 6.75. The van der Waals surface area contributed by atoms with E-state index >= 15 is 0 Å². The Morgan fingerprint density at radius 1 is 1.36 bits per heavy atom. The Bertz CT molecular complexity index is 735. The summed E-state index contributed by atoms with van der Waals surface area (Å²) in [6, 6.07) is 9.70. The van der Waals surface area contributed by atoms with Crippen LogP contribution < -0.4 is 10.1 Å². The number of carbonyl (C=O) groups is 1. The van der Waals surface area contributed by atoms with Gasteiger partial charge in [-0.3, -0.25) is 4.79 Å². The molecule has 6 heteroatoms. The third-order valence-electron chi connectivity index (χ3n) is 4.33. The van der Waals surface area contributed by atoms with Crippen molar-refractivity contribution in [2.75, 3.05) is 34.3 Å². The maximum absolute atomic E-state index is 12.4. The molecule has 0 saturated heterocycles. The standard InChI is InChI=1S/C19H26N4O2/c1-22(2)11-5-10-20-19(24)17-13-18(14-8-9-14)23(21-17)15-6-4-7-16(12-15)25-3/h4,6-7,12-14H,5,8-11H2,1-3H3,(H,20,24). The molecule has 1 fully saturated rings. The monoisotopic (exact) mass is 342 g/mol. The normalized spacial score (nSPS) is 13.9. The second-order valence-electron chi connectivity index (χ2n) is 6.75. The highest BCUT2D eigenvalue weighted by Gasteiger charge is 2.29. The number of nitrogens with zero attached hydrogens (tertiary/aromatic N) is 3. The van der Waals surface area contributed by atoms with E-state index in [-0.39, 0.29) is 5.91 Å². The van der Waals surface area contributed by atoms with Gasteiger partial charge in [0.05, 0.1) is 12.8 Å². The van der Waals surface area contributed by atoms with Crippen LogP contribution in [-0.4, -0.2) is 54.9 Å². The molecule has 3 rings (SSSR count). The first-order chi connectivity index (χ1) is 12.1. The maximum Gasteiger partial charge on any atom is 0.271 e. The number of nitrogens with one attached hydrogen (secondary N) is 1. The summed E-state index contributed by atoms with van der Waals surface area (Å²) in [6.07, 6.45) is 3.23. The predicted molar refractivity (Wildman–Crippen MR) is 97.6 cm³/mol. The zero-order valence-corrected chi connectivity index (χ0v) is 15.2. The highest BCUT2D eigenvalue weighted by Crippen LogP contribution is 2.41. The number of methoxy groups -OCH3 is 1. The molecule has 0 radical (unpaired) electrons. The lowest BCUT2D eigenvalue weighted by Gasteiger charge is -2.09. The summed E-state index contributed by atoms with van der Waals surface area (Å²) in [7, 11) is 5.70. The number of benzene rings is 1. The lowest BCUT2D eigenvalue weighted by molar-refractivity contribution is 0.0947. The summed E-state index contributed by atoms with van der Waals surface area (Å²) in [4.78, 5) is 14.5. The molecule has 1 aromatic heterocycles. The average Bonchev–Trinajstić information content (AvgIpc) is 3.36. The fourth-order valence-corrected chi connectivity index (χ4v) is 2.81. The molecular weight excluding hydrogens is 316 g/mol. The van der Waals surface area contributed by atoms with Crippen LogP contribution >= 0.6 is 0 Å². The van der Waals surface area contributed by atoms with Crippen molar-refractivity contribution in [3.8, 4) is 11.4 Å². The number of carbonyl (C=O) groups excluding carboxylic acids is 1. The largest absolute Gasteiger partial charge is 0.497 e. The van der Waals surface area contributed by atoms with Crippen molar-refractivity contribution in [3.63, 3.8) is 0 Å². The van der Waals surface area contributed by atoms with Gasteiger partial charge in [0, 0.05) is 24.2 Å². The van der Waals surface area contributed by atoms with Crippen molar-refractivity contribution in [1.29, 1.82) is 0 Å². The van der Waals surface area contributed by atoms with Crippen LogP contribution in [0.25, 0.3) is 5.69 Å². The third kappa shape index (κ3) is 4.39. The summed E-state index contributed by atoms with van der Waals surface area (Å²) in [5, 5.41) is 7.53. The SMILES string of the molecule is COc1cccc(-n2nc(C(=O)NCCCN(C)C)cc2C2CC2)c1. The summed E-state index contributed by atoms with van der Waals surface area (Å²) in [6.45, 7) is 1.60. The molecule has 1 aliphatic carbocycles. The van der Waals surface area contributed by atoms with Crippen molar-refractivity contribution in [1.82, 2.24) is 20.0 Å². The Hall–Kier alpha value is -2.34. The van der Waals surface area contributed by atoms with Crippen LogP contribution in [0.5, 0.6) is 5.75 Å². The fourth-order valence-electron chi connectivity index (χ4n) is 2.81. The van der Waals surface area contributed by atoms with Crippen LogP contribution in [0.1, 0.15) is 41.4 Å². The number of hydrogen-bond acceptors (Lipinski definition) is 4. The molecule has 1 saturated carbocycles. The lowest BCUT2D eigenvalue weighted by atomic mass is 10.2. The third-order valence-corrected chi connectivity index (χ3v) is 4.33. The van der Waals surface area contributed by atoms with E-state index in [2.05, 4.69) is 15.3 Å². The second kappa shape index (κ2) is 7.70. The molecule has 25 heavy (non-hydrogen) atoms. The smallest absolute Gasteiger partial charge is 0.271 e. The summed E-state index contributed by atoms with van der Waals surface area (Å²) in [5.74, 6) is 1.17. The van der Waals surface area contributed by atoms with Gasteiger partial charge in [-0.25, -0.2) is 4.68 Å². The zero-order valence-electron chi connectivity index (χ0n) is 15.2. The minimum atomic E-state index is -0.109. The van der Waals surface area contributed by atoms with E-state index in [9.17, 15) is 4.79 Å². The van der Waals surface area contributed by atoms with Crippen molar-refractivity contribution in [3.05, 3.63) is 41.7 Å². The van der Waals surface area contributed by atoms with Gasteiger partial charge in [0.15, 0.2) is 5.69 Å². The molecule has 1 amide bonds. The maximum atomic E-state index is 12.4. The molecule has 6 nitrogen and oxygen atoms in total. The van der Waals surface area contributed by atoms with E-state index in [0.717, 1.165) is 42.9 Å². The van der Waals surface area contributed by atoms with Crippen LogP contribution in [0, 0.1) is 0 Å². The Morgan fingerprint density at radius 2 is 2.16 bits per heavy atom. The van der Waals surface area contributed by atoms with Crippen molar-refractivity contribution < 1.29 is 9.53 Å². The Balaban J connectivity index is 1.76. The Labute approximate surface area is 148 Å². The molecule has 1 N–H and O–H groups in total. The first kappa shape index (κ1) is 17.5.